The minimum Gasteiger partial charge on any atom is -0.309 e. The Kier molecular flexibility index (Phi) is 5.02. The van der Waals surface area contributed by atoms with Gasteiger partial charge in [0.1, 0.15) is 0 Å². The van der Waals surface area contributed by atoms with E-state index in [9.17, 15) is 0 Å². The van der Waals surface area contributed by atoms with Crippen molar-refractivity contribution in [2.45, 2.75) is 0 Å². The third-order valence-electron chi connectivity index (χ3n) is 10.1. The maximum absolute atomic E-state index is 2.44. The van der Waals surface area contributed by atoms with Crippen LogP contribution in [0.3, 0.4) is 0 Å². The van der Waals surface area contributed by atoms with Crippen LogP contribution in [-0.2, 0) is 0 Å². The molecule has 3 heterocycles. The highest BCUT2D eigenvalue weighted by Gasteiger charge is 2.18. The largest absolute Gasteiger partial charge is 0.309 e. The first-order chi connectivity index (χ1) is 23.3. The van der Waals surface area contributed by atoms with Crippen LogP contribution in [0.25, 0.3) is 96.7 Å². The molecule has 0 unspecified atom stereocenters. The van der Waals surface area contributed by atoms with E-state index in [2.05, 4.69) is 167 Å². The number of aromatic nitrogens is 2. The average molecular weight is 615 g/mol. The lowest BCUT2D eigenvalue weighted by atomic mass is 9.97. The first-order valence-corrected chi connectivity index (χ1v) is 16.9. The second-order valence-corrected chi connectivity index (χ2v) is 13.6. The number of hydrogen-bond donors (Lipinski definition) is 0. The normalized spacial score (nSPS) is 12.3. The number of rotatable bonds is 2. The smallest absolute Gasteiger partial charge is 0.0542 e. The van der Waals surface area contributed by atoms with Gasteiger partial charge in [-0.3, -0.25) is 0 Å². The highest BCUT2D eigenvalue weighted by Crippen LogP contribution is 2.45. The number of para-hydroxylation sites is 3. The van der Waals surface area contributed by atoms with Crippen LogP contribution in [0.15, 0.2) is 158 Å². The molecule has 0 bridgehead atoms. The number of benzene rings is 8. The summed E-state index contributed by atoms with van der Waals surface area (Å²) in [6, 6.07) is 58.1. The Bertz CT molecular complexity index is 3030. The Labute approximate surface area is 273 Å². The van der Waals surface area contributed by atoms with E-state index in [-0.39, 0.29) is 0 Å². The van der Waals surface area contributed by atoms with Gasteiger partial charge < -0.3 is 9.13 Å². The quantitative estimate of drug-likeness (QED) is 0.171. The maximum Gasteiger partial charge on any atom is 0.0542 e. The van der Waals surface area contributed by atoms with Crippen LogP contribution >= 0.6 is 11.3 Å². The Hall–Kier alpha value is -5.90. The first kappa shape index (κ1) is 25.3. The van der Waals surface area contributed by atoms with E-state index in [1.54, 1.807) is 0 Å². The predicted octanol–water partition coefficient (Wildman–Crippen LogP) is 12.6. The van der Waals surface area contributed by atoms with Gasteiger partial charge in [-0.1, -0.05) is 109 Å². The second kappa shape index (κ2) is 9.32. The summed E-state index contributed by atoms with van der Waals surface area (Å²) in [5, 5.41) is 13.1. The summed E-state index contributed by atoms with van der Waals surface area (Å²) < 4.78 is 7.53. The van der Waals surface area contributed by atoms with Gasteiger partial charge >= 0.3 is 0 Å². The molecule has 0 N–H and O–H groups in total. The van der Waals surface area contributed by atoms with Crippen molar-refractivity contribution in [3.8, 4) is 11.4 Å². The minimum atomic E-state index is 1.18. The van der Waals surface area contributed by atoms with Crippen molar-refractivity contribution in [1.29, 1.82) is 0 Å². The minimum absolute atomic E-state index is 1.18. The van der Waals surface area contributed by atoms with Gasteiger partial charge in [0.15, 0.2) is 0 Å². The molecule has 0 amide bonds. The number of nitrogens with zero attached hydrogens (tertiary/aromatic N) is 2. The van der Waals surface area contributed by atoms with Crippen molar-refractivity contribution in [2.24, 2.45) is 0 Å². The van der Waals surface area contributed by atoms with Crippen LogP contribution in [0.1, 0.15) is 0 Å². The van der Waals surface area contributed by atoms with E-state index in [1.165, 1.54) is 96.7 Å². The number of fused-ring (bicyclic) bond motifs is 14. The molecule has 3 heteroatoms. The molecule has 0 saturated carbocycles. The van der Waals surface area contributed by atoms with E-state index < -0.39 is 0 Å². The molecule has 47 heavy (non-hydrogen) atoms. The van der Waals surface area contributed by atoms with Crippen molar-refractivity contribution < 1.29 is 0 Å². The molecular formula is C44H26N2S. The zero-order chi connectivity index (χ0) is 30.6. The molecule has 0 aliphatic heterocycles. The number of thiophene rings is 1. The molecule has 3 aromatic heterocycles. The average Bonchev–Trinajstić information content (AvgIpc) is 3.79. The summed E-state index contributed by atoms with van der Waals surface area (Å²) >= 11 is 1.91. The fourth-order valence-corrected chi connectivity index (χ4v) is 9.40. The van der Waals surface area contributed by atoms with Crippen LogP contribution in [0, 0.1) is 0 Å². The molecule has 218 valence electrons. The van der Waals surface area contributed by atoms with Crippen molar-refractivity contribution in [3.05, 3.63) is 158 Å². The predicted molar refractivity (Wildman–Crippen MR) is 203 cm³/mol. The van der Waals surface area contributed by atoms with Crippen molar-refractivity contribution >= 4 is 96.7 Å². The van der Waals surface area contributed by atoms with Gasteiger partial charge in [0.05, 0.1) is 22.1 Å². The lowest BCUT2D eigenvalue weighted by Gasteiger charge is -2.10. The van der Waals surface area contributed by atoms with Crippen LogP contribution in [0.5, 0.6) is 0 Å². The Morgan fingerprint density at radius 1 is 0.319 bits per heavy atom. The molecule has 0 spiro atoms. The Morgan fingerprint density at radius 3 is 1.40 bits per heavy atom. The van der Waals surface area contributed by atoms with Gasteiger partial charge in [-0.25, -0.2) is 0 Å². The van der Waals surface area contributed by atoms with Gasteiger partial charge in [-0.05, 0) is 64.7 Å². The molecule has 8 aromatic carbocycles. The lowest BCUT2D eigenvalue weighted by molar-refractivity contribution is 1.17. The third-order valence-corrected chi connectivity index (χ3v) is 11.3. The summed E-state index contributed by atoms with van der Waals surface area (Å²) in [6.07, 6.45) is 0. The molecule has 11 rings (SSSR count). The summed E-state index contributed by atoms with van der Waals surface area (Å²) in [5.74, 6) is 0. The Morgan fingerprint density at radius 2 is 0.766 bits per heavy atom. The molecule has 0 atom stereocenters. The third kappa shape index (κ3) is 3.39. The first-order valence-electron chi connectivity index (χ1n) is 16.1. The zero-order valence-electron chi connectivity index (χ0n) is 25.3. The molecule has 11 aromatic rings. The molecule has 0 aliphatic rings. The SMILES string of the molecule is c1ccc2c(c1)c1ccccc1c1c3ccc(-n4c5ccccc5c5cc(-n6c7ccccc7c7ccccc76)ccc54)cc3sc21. The highest BCUT2D eigenvalue weighted by atomic mass is 32.1. The van der Waals surface area contributed by atoms with Crippen molar-refractivity contribution in [1.82, 2.24) is 9.13 Å². The highest BCUT2D eigenvalue weighted by molar-refractivity contribution is 7.27. The van der Waals surface area contributed by atoms with Crippen molar-refractivity contribution in [3.63, 3.8) is 0 Å². The van der Waals surface area contributed by atoms with Gasteiger partial charge in [-0.15, -0.1) is 11.3 Å². The topological polar surface area (TPSA) is 9.86 Å². The van der Waals surface area contributed by atoms with Crippen LogP contribution < -0.4 is 0 Å². The van der Waals surface area contributed by atoms with Crippen molar-refractivity contribution in [2.75, 3.05) is 0 Å². The molecular weight excluding hydrogens is 589 g/mol. The lowest BCUT2D eigenvalue weighted by Crippen LogP contribution is -1.95. The summed E-state index contributed by atoms with van der Waals surface area (Å²) in [5.41, 5.74) is 7.26. The Balaban J connectivity index is 1.18. The van der Waals surface area contributed by atoms with Gasteiger partial charge in [0.25, 0.3) is 0 Å². The maximum atomic E-state index is 2.44. The number of hydrogen-bond acceptors (Lipinski definition) is 1. The monoisotopic (exact) mass is 614 g/mol. The van der Waals surface area contributed by atoms with E-state index >= 15 is 0 Å². The summed E-state index contributed by atoms with van der Waals surface area (Å²) in [4.78, 5) is 0. The second-order valence-electron chi connectivity index (χ2n) is 12.5. The van der Waals surface area contributed by atoms with E-state index in [1.807, 2.05) is 11.3 Å². The van der Waals surface area contributed by atoms with Crippen LogP contribution in [0.4, 0.5) is 0 Å². The van der Waals surface area contributed by atoms with Gasteiger partial charge in [0.2, 0.25) is 0 Å². The fraction of sp³-hybridized carbons (Fsp3) is 0. The van der Waals surface area contributed by atoms with E-state index in [0.717, 1.165) is 0 Å². The van der Waals surface area contributed by atoms with E-state index in [4.69, 9.17) is 0 Å². The standard InChI is InChI=1S/C44H26N2S/c1-3-16-34-29(11-1)30-12-2-4-17-35(30)44-43(34)36-23-21-28(26-42(36)47-44)46-40-20-10-7-15-33(40)37-25-27(22-24-41(37)46)45-38-18-8-5-13-31(38)32-14-6-9-19-39(32)45/h1-26H. The molecule has 0 aliphatic carbocycles. The van der Waals surface area contributed by atoms with Crippen LogP contribution in [-0.4, -0.2) is 9.13 Å². The summed E-state index contributed by atoms with van der Waals surface area (Å²) in [6.45, 7) is 0. The molecule has 2 nitrogen and oxygen atoms in total. The fourth-order valence-electron chi connectivity index (χ4n) is 8.11. The molecule has 0 radical (unpaired) electrons. The summed E-state index contributed by atoms with van der Waals surface area (Å²) in [7, 11) is 0. The van der Waals surface area contributed by atoms with E-state index in [0.29, 0.717) is 0 Å². The van der Waals surface area contributed by atoms with Gasteiger partial charge in [0, 0.05) is 58.5 Å². The molecule has 0 fully saturated rings. The van der Waals surface area contributed by atoms with Gasteiger partial charge in [-0.2, -0.15) is 0 Å². The molecule has 0 saturated heterocycles. The van der Waals surface area contributed by atoms with Crippen LogP contribution in [0.2, 0.25) is 0 Å². The zero-order valence-corrected chi connectivity index (χ0v) is 26.1.